The summed E-state index contributed by atoms with van der Waals surface area (Å²) in [5, 5.41) is 3.59. The summed E-state index contributed by atoms with van der Waals surface area (Å²) in [4.78, 5) is 10.1. The van der Waals surface area contributed by atoms with Crippen LogP contribution in [0.3, 0.4) is 0 Å². The summed E-state index contributed by atoms with van der Waals surface area (Å²) in [5.41, 5.74) is 8.15. The summed E-state index contributed by atoms with van der Waals surface area (Å²) in [6.07, 6.45) is 14.7. The molecule has 0 amide bonds. The topological polar surface area (TPSA) is 31.4 Å². The van der Waals surface area contributed by atoms with Gasteiger partial charge in [-0.2, -0.15) is 0 Å². The van der Waals surface area contributed by atoms with Gasteiger partial charge in [0.15, 0.2) is 0 Å². The van der Waals surface area contributed by atoms with E-state index in [-0.39, 0.29) is 5.41 Å². The van der Waals surface area contributed by atoms with E-state index in [1.165, 1.54) is 65.1 Å². The van der Waals surface area contributed by atoms with Gasteiger partial charge in [0.2, 0.25) is 0 Å². The number of nitrogens with one attached hydrogen (secondary N) is 1. The van der Waals surface area contributed by atoms with Crippen LogP contribution in [0.5, 0.6) is 0 Å². The number of hydrogen-bond donors (Lipinski definition) is 1. The first-order valence-corrected chi connectivity index (χ1v) is 14.5. The third kappa shape index (κ3) is 5.23. The number of allylic oxidation sites excluding steroid dienone is 2. The van der Waals surface area contributed by atoms with E-state index >= 15 is 0 Å². The molecule has 2 aromatic rings. The van der Waals surface area contributed by atoms with E-state index in [4.69, 9.17) is 4.98 Å². The highest BCUT2D eigenvalue weighted by molar-refractivity contribution is 5.69. The molecule has 2 fully saturated rings. The van der Waals surface area contributed by atoms with Gasteiger partial charge in [-0.05, 0) is 107 Å². The van der Waals surface area contributed by atoms with Gasteiger partial charge in [0.05, 0.1) is 0 Å². The molecule has 1 saturated carbocycles. The Balaban J connectivity index is 1.16. The van der Waals surface area contributed by atoms with Crippen LogP contribution < -0.4 is 10.2 Å². The Labute approximate surface area is 224 Å². The number of likely N-dealkylation sites (tertiary alicyclic amines) is 1. The van der Waals surface area contributed by atoms with Crippen LogP contribution in [0, 0.1) is 12.8 Å². The quantitative estimate of drug-likeness (QED) is 0.356. The van der Waals surface area contributed by atoms with Crippen molar-refractivity contribution in [2.45, 2.75) is 83.1 Å². The lowest BCUT2D eigenvalue weighted by atomic mass is 9.72. The molecule has 5 rings (SSSR count). The van der Waals surface area contributed by atoms with Crippen LogP contribution in [-0.2, 0) is 18.3 Å². The molecule has 1 saturated heterocycles. The fourth-order valence-corrected chi connectivity index (χ4v) is 6.82. The molecule has 1 aromatic heterocycles. The molecule has 0 unspecified atom stereocenters. The standard InChI is InChI=1S/C33H46N4/c1-6-8-11-28-20-27(23-34-32(28)36(5)29-21-26(7-2)22-29)10-9-16-37-17-14-33(15-18-37)25(4)35-31-13-12-24(3)19-30(31)33/h6,12-13,19-20,23,26,29,35H,1,4,7-11,14-18,21-22H2,2-3,5H3. The predicted octanol–water partition coefficient (Wildman–Crippen LogP) is 7.04. The van der Waals surface area contributed by atoms with Gasteiger partial charge in [0.25, 0.3) is 0 Å². The van der Waals surface area contributed by atoms with E-state index in [0.29, 0.717) is 6.04 Å². The normalized spacial score (nSPS) is 22.4. The number of piperidine rings is 1. The zero-order chi connectivity index (χ0) is 26.0. The van der Waals surface area contributed by atoms with Crippen molar-refractivity contribution in [1.82, 2.24) is 9.88 Å². The maximum Gasteiger partial charge on any atom is 0.131 e. The molecule has 37 heavy (non-hydrogen) atoms. The van der Waals surface area contributed by atoms with Crippen molar-refractivity contribution in [2.75, 3.05) is 36.9 Å². The summed E-state index contributed by atoms with van der Waals surface area (Å²) in [6.45, 7) is 16.3. The monoisotopic (exact) mass is 498 g/mol. The van der Waals surface area contributed by atoms with Crippen LogP contribution in [0.2, 0.25) is 0 Å². The summed E-state index contributed by atoms with van der Waals surface area (Å²) in [5.74, 6) is 2.09. The average molecular weight is 499 g/mol. The SMILES string of the molecule is C=CCCc1cc(CCCN2CCC3(CC2)C(=C)Nc2ccc(C)cc23)cnc1N(C)C1CC(CC)C1. The molecular weight excluding hydrogens is 452 g/mol. The molecule has 198 valence electrons. The van der Waals surface area contributed by atoms with Gasteiger partial charge < -0.3 is 15.1 Å². The number of rotatable bonds is 10. The van der Waals surface area contributed by atoms with E-state index in [0.717, 1.165) is 57.7 Å². The van der Waals surface area contributed by atoms with Crippen molar-refractivity contribution in [3.63, 3.8) is 0 Å². The Kier molecular flexibility index (Phi) is 7.76. The van der Waals surface area contributed by atoms with Gasteiger partial charge in [0, 0.05) is 36.1 Å². The van der Waals surface area contributed by atoms with Gasteiger partial charge >= 0.3 is 0 Å². The first-order chi connectivity index (χ1) is 17.9. The summed E-state index contributed by atoms with van der Waals surface area (Å²) in [6, 6.07) is 9.88. The molecule has 0 radical (unpaired) electrons. The number of aryl methyl sites for hydroxylation is 3. The zero-order valence-electron chi connectivity index (χ0n) is 23.4. The third-order valence-electron chi connectivity index (χ3n) is 9.49. The number of aromatic nitrogens is 1. The third-order valence-corrected chi connectivity index (χ3v) is 9.49. The zero-order valence-corrected chi connectivity index (χ0v) is 23.4. The summed E-state index contributed by atoms with van der Waals surface area (Å²) >= 11 is 0. The van der Waals surface area contributed by atoms with Crippen molar-refractivity contribution in [1.29, 1.82) is 0 Å². The smallest absolute Gasteiger partial charge is 0.131 e. The van der Waals surface area contributed by atoms with Gasteiger partial charge in [-0.25, -0.2) is 4.98 Å². The maximum atomic E-state index is 5.00. The van der Waals surface area contributed by atoms with Crippen LogP contribution in [-0.4, -0.2) is 42.6 Å². The molecule has 4 nitrogen and oxygen atoms in total. The minimum atomic E-state index is 0.112. The fraction of sp³-hybridized carbons (Fsp3) is 0.545. The molecule has 0 atom stereocenters. The van der Waals surface area contributed by atoms with Crippen LogP contribution in [0.4, 0.5) is 11.5 Å². The van der Waals surface area contributed by atoms with Crippen LogP contribution >= 0.6 is 0 Å². The van der Waals surface area contributed by atoms with Crippen molar-refractivity contribution in [3.8, 4) is 0 Å². The molecule has 3 heterocycles. The molecular formula is C33H46N4. The number of fused-ring (bicyclic) bond motifs is 2. The van der Waals surface area contributed by atoms with Crippen molar-refractivity contribution < 1.29 is 0 Å². The lowest BCUT2D eigenvalue weighted by Gasteiger charge is -2.42. The van der Waals surface area contributed by atoms with Gasteiger partial charge in [-0.1, -0.05) is 49.8 Å². The van der Waals surface area contributed by atoms with Gasteiger partial charge in [-0.3, -0.25) is 0 Å². The molecule has 1 N–H and O–H groups in total. The lowest BCUT2D eigenvalue weighted by molar-refractivity contribution is 0.179. The Morgan fingerprint density at radius 3 is 2.70 bits per heavy atom. The maximum absolute atomic E-state index is 5.00. The minimum Gasteiger partial charge on any atom is -0.358 e. The Hall–Kier alpha value is -2.59. The first-order valence-electron chi connectivity index (χ1n) is 14.5. The average Bonchev–Trinajstić information content (AvgIpc) is 3.13. The van der Waals surface area contributed by atoms with E-state index in [9.17, 15) is 0 Å². The molecule has 2 aliphatic heterocycles. The predicted molar refractivity (Wildman–Crippen MR) is 158 cm³/mol. The Bertz CT molecular complexity index is 1120. The highest BCUT2D eigenvalue weighted by Gasteiger charge is 2.44. The number of pyridine rings is 1. The summed E-state index contributed by atoms with van der Waals surface area (Å²) < 4.78 is 0. The van der Waals surface area contributed by atoms with Crippen molar-refractivity contribution in [2.24, 2.45) is 5.92 Å². The Morgan fingerprint density at radius 1 is 1.19 bits per heavy atom. The highest BCUT2D eigenvalue weighted by atomic mass is 15.2. The fourth-order valence-electron chi connectivity index (χ4n) is 6.82. The highest BCUT2D eigenvalue weighted by Crippen LogP contribution is 2.49. The van der Waals surface area contributed by atoms with Crippen molar-refractivity contribution >= 4 is 11.5 Å². The number of hydrogen-bond acceptors (Lipinski definition) is 4. The minimum absolute atomic E-state index is 0.112. The number of nitrogens with zero attached hydrogens (tertiary/aromatic N) is 3. The second-order valence-electron chi connectivity index (χ2n) is 11.8. The Morgan fingerprint density at radius 2 is 1.97 bits per heavy atom. The van der Waals surface area contributed by atoms with E-state index in [1.54, 1.807) is 0 Å². The van der Waals surface area contributed by atoms with Crippen LogP contribution in [0.15, 0.2) is 55.4 Å². The molecule has 1 spiro atoms. The van der Waals surface area contributed by atoms with Crippen LogP contribution in [0.1, 0.15) is 74.1 Å². The first kappa shape index (κ1) is 26.0. The molecule has 1 aliphatic carbocycles. The van der Waals surface area contributed by atoms with Gasteiger partial charge in [-0.15, -0.1) is 6.58 Å². The van der Waals surface area contributed by atoms with Gasteiger partial charge in [0.1, 0.15) is 5.82 Å². The number of anilines is 2. The second kappa shape index (κ2) is 11.0. The molecule has 4 heteroatoms. The van der Waals surface area contributed by atoms with E-state index in [2.05, 4.69) is 79.6 Å². The number of benzene rings is 1. The lowest BCUT2D eigenvalue weighted by Crippen LogP contribution is -2.43. The van der Waals surface area contributed by atoms with E-state index < -0.39 is 0 Å². The second-order valence-corrected chi connectivity index (χ2v) is 11.8. The largest absolute Gasteiger partial charge is 0.358 e. The van der Waals surface area contributed by atoms with Crippen molar-refractivity contribution in [3.05, 3.63) is 77.6 Å². The van der Waals surface area contributed by atoms with Crippen LogP contribution in [0.25, 0.3) is 0 Å². The molecule has 0 bridgehead atoms. The molecule has 1 aromatic carbocycles. The van der Waals surface area contributed by atoms with E-state index in [1.807, 2.05) is 6.08 Å². The summed E-state index contributed by atoms with van der Waals surface area (Å²) in [7, 11) is 2.24. The molecule has 3 aliphatic rings.